The molecule has 0 N–H and O–H groups in total. The van der Waals surface area contributed by atoms with Gasteiger partial charge in [-0.05, 0) is 32.2 Å². The molecule has 0 bridgehead atoms. The first-order chi connectivity index (χ1) is 12.8. The summed E-state index contributed by atoms with van der Waals surface area (Å²) in [6.45, 7) is 4.42. The van der Waals surface area contributed by atoms with Gasteiger partial charge in [-0.25, -0.2) is 0 Å². The van der Waals surface area contributed by atoms with Crippen molar-refractivity contribution >= 4 is 40.7 Å². The molecule has 132 valence electrons. The van der Waals surface area contributed by atoms with Crippen LogP contribution < -0.4 is 10.6 Å². The third-order valence-corrected chi connectivity index (χ3v) is 5.97. The zero-order valence-electron chi connectivity index (χ0n) is 15.7. The van der Waals surface area contributed by atoms with Gasteiger partial charge in [0.2, 0.25) is 0 Å². The summed E-state index contributed by atoms with van der Waals surface area (Å²) in [6.07, 6.45) is 4.08. The molecule has 1 heteroatoms. The van der Waals surface area contributed by atoms with Crippen molar-refractivity contribution in [1.82, 2.24) is 0 Å². The van der Waals surface area contributed by atoms with Crippen LogP contribution in [-0.4, -0.2) is 0 Å². The average molecular weight is 358 g/mol. The Balaban J connectivity index is 0.000000349. The van der Waals surface area contributed by atoms with Crippen LogP contribution in [0.4, 0.5) is 0 Å². The number of benzene rings is 4. The topological polar surface area (TPSA) is 0 Å². The van der Waals surface area contributed by atoms with E-state index in [1.165, 1.54) is 51.4 Å². The minimum Gasteiger partial charge on any atom is -0.0654 e. The maximum Gasteiger partial charge on any atom is -0.0106 e. The fourth-order valence-corrected chi connectivity index (χ4v) is 4.54. The predicted octanol–water partition coefficient (Wildman–Crippen LogP) is 6.82. The molecule has 0 aliphatic heterocycles. The molecular weight excluding hydrogens is 331 g/mol. The maximum absolute atomic E-state index is 2.25. The molecule has 0 aliphatic rings. The fraction of sp³-hybridized carbons (Fsp3) is 0.200. The molecular formula is C25H27P. The summed E-state index contributed by atoms with van der Waals surface area (Å²) in [7, 11) is 0.684. The summed E-state index contributed by atoms with van der Waals surface area (Å²) in [4.78, 5) is 0. The molecule has 0 nitrogen and oxygen atoms in total. The largest absolute Gasteiger partial charge is 0.0654 e. The second-order valence-corrected chi connectivity index (χ2v) is 7.86. The van der Waals surface area contributed by atoms with Gasteiger partial charge in [0.15, 0.2) is 0 Å². The van der Waals surface area contributed by atoms with Crippen molar-refractivity contribution in [3.05, 3.63) is 84.9 Å². The SMILES string of the molecule is CCCCC.c1ccc2c(Pc3cccc4ccccc34)cccc2c1. The van der Waals surface area contributed by atoms with Gasteiger partial charge in [-0.2, -0.15) is 0 Å². The first-order valence-electron chi connectivity index (χ1n) is 9.56. The molecule has 0 heterocycles. The van der Waals surface area contributed by atoms with E-state index in [0.717, 1.165) is 0 Å². The summed E-state index contributed by atoms with van der Waals surface area (Å²) in [5, 5.41) is 8.22. The second kappa shape index (κ2) is 9.51. The van der Waals surface area contributed by atoms with E-state index in [4.69, 9.17) is 0 Å². The van der Waals surface area contributed by atoms with Crippen molar-refractivity contribution in [3.8, 4) is 0 Å². The fourth-order valence-electron chi connectivity index (χ4n) is 3.17. The second-order valence-electron chi connectivity index (χ2n) is 6.53. The highest BCUT2D eigenvalue weighted by Crippen LogP contribution is 2.23. The van der Waals surface area contributed by atoms with E-state index in [1.807, 2.05) is 0 Å². The van der Waals surface area contributed by atoms with E-state index in [2.05, 4.69) is 98.8 Å². The average Bonchev–Trinajstić information content (AvgIpc) is 2.70. The van der Waals surface area contributed by atoms with Gasteiger partial charge in [-0.1, -0.05) is 127 Å². The van der Waals surface area contributed by atoms with E-state index < -0.39 is 0 Å². The minimum atomic E-state index is 0.684. The van der Waals surface area contributed by atoms with Crippen molar-refractivity contribution in [1.29, 1.82) is 0 Å². The molecule has 4 aromatic carbocycles. The van der Waals surface area contributed by atoms with Crippen LogP contribution in [0.1, 0.15) is 33.1 Å². The number of hydrogen-bond donors (Lipinski definition) is 0. The Hall–Kier alpha value is -2.17. The Morgan fingerprint density at radius 1 is 0.538 bits per heavy atom. The van der Waals surface area contributed by atoms with Gasteiger partial charge in [0, 0.05) is 0 Å². The summed E-state index contributed by atoms with van der Waals surface area (Å²) >= 11 is 0. The van der Waals surface area contributed by atoms with Crippen LogP contribution >= 0.6 is 8.58 Å². The molecule has 26 heavy (non-hydrogen) atoms. The summed E-state index contributed by atoms with van der Waals surface area (Å²) in [5.41, 5.74) is 0. The van der Waals surface area contributed by atoms with Crippen molar-refractivity contribution in [2.45, 2.75) is 33.1 Å². The van der Waals surface area contributed by atoms with Crippen LogP contribution in [0, 0.1) is 0 Å². The first-order valence-corrected chi connectivity index (χ1v) is 10.6. The number of unbranched alkanes of at least 4 members (excludes halogenated alkanes) is 2. The number of rotatable bonds is 4. The number of fused-ring (bicyclic) bond motifs is 2. The van der Waals surface area contributed by atoms with Crippen LogP contribution in [-0.2, 0) is 0 Å². The third kappa shape index (κ3) is 4.51. The first kappa shape index (κ1) is 18.6. The quantitative estimate of drug-likeness (QED) is 0.351. The summed E-state index contributed by atoms with van der Waals surface area (Å²) in [6, 6.07) is 30.5. The lowest BCUT2D eigenvalue weighted by Crippen LogP contribution is -2.05. The Labute approximate surface area is 159 Å². The van der Waals surface area contributed by atoms with Crippen molar-refractivity contribution in [3.63, 3.8) is 0 Å². The highest BCUT2D eigenvalue weighted by Gasteiger charge is 2.04. The van der Waals surface area contributed by atoms with Gasteiger partial charge in [0.25, 0.3) is 0 Å². The van der Waals surface area contributed by atoms with Gasteiger partial charge in [0.1, 0.15) is 0 Å². The monoisotopic (exact) mass is 358 g/mol. The molecule has 0 saturated heterocycles. The van der Waals surface area contributed by atoms with Crippen LogP contribution in [0.25, 0.3) is 21.5 Å². The van der Waals surface area contributed by atoms with Crippen LogP contribution in [0.2, 0.25) is 0 Å². The molecule has 0 fully saturated rings. The Bertz CT molecular complexity index is 882. The molecule has 0 spiro atoms. The van der Waals surface area contributed by atoms with Gasteiger partial charge < -0.3 is 0 Å². The highest BCUT2D eigenvalue weighted by atomic mass is 31.1. The van der Waals surface area contributed by atoms with E-state index in [0.29, 0.717) is 8.58 Å². The van der Waals surface area contributed by atoms with Crippen molar-refractivity contribution < 1.29 is 0 Å². The van der Waals surface area contributed by atoms with Crippen molar-refractivity contribution in [2.24, 2.45) is 0 Å². The summed E-state index contributed by atoms with van der Waals surface area (Å²) < 4.78 is 0. The molecule has 0 atom stereocenters. The zero-order chi connectivity index (χ0) is 18.2. The standard InChI is InChI=1S/C20H15P.C5H12/c1-3-11-17-15(7-1)9-5-13-19(17)21-20-14-6-10-16-8-2-4-12-18(16)20;1-3-5-4-2/h1-14,21H;3-5H2,1-2H3. The lowest BCUT2D eigenvalue weighted by Gasteiger charge is -2.09. The minimum absolute atomic E-state index is 0.684. The van der Waals surface area contributed by atoms with Gasteiger partial charge in [-0.3, -0.25) is 0 Å². The van der Waals surface area contributed by atoms with Gasteiger partial charge >= 0.3 is 0 Å². The normalized spacial score (nSPS) is 10.5. The molecule has 0 aromatic heterocycles. The van der Waals surface area contributed by atoms with Crippen molar-refractivity contribution in [2.75, 3.05) is 0 Å². The van der Waals surface area contributed by atoms with Crippen LogP contribution in [0.3, 0.4) is 0 Å². The molecule has 0 aliphatic carbocycles. The van der Waals surface area contributed by atoms with E-state index in [9.17, 15) is 0 Å². The molecule has 4 rings (SSSR count). The van der Waals surface area contributed by atoms with E-state index >= 15 is 0 Å². The summed E-state index contributed by atoms with van der Waals surface area (Å²) in [5.74, 6) is 0. The maximum atomic E-state index is 2.25. The van der Waals surface area contributed by atoms with Crippen LogP contribution in [0.15, 0.2) is 84.9 Å². The van der Waals surface area contributed by atoms with E-state index in [1.54, 1.807) is 0 Å². The lowest BCUT2D eigenvalue weighted by molar-refractivity contribution is 0.772. The Morgan fingerprint density at radius 2 is 0.962 bits per heavy atom. The lowest BCUT2D eigenvalue weighted by atomic mass is 10.1. The molecule has 0 radical (unpaired) electrons. The smallest absolute Gasteiger partial charge is 0.0106 e. The molecule has 0 saturated carbocycles. The zero-order valence-corrected chi connectivity index (χ0v) is 16.7. The molecule has 0 amide bonds. The van der Waals surface area contributed by atoms with Gasteiger partial charge in [0.05, 0.1) is 0 Å². The van der Waals surface area contributed by atoms with Gasteiger partial charge in [-0.15, -0.1) is 0 Å². The van der Waals surface area contributed by atoms with E-state index in [-0.39, 0.29) is 0 Å². The Kier molecular flexibility index (Phi) is 6.81. The van der Waals surface area contributed by atoms with Crippen LogP contribution in [0.5, 0.6) is 0 Å². The third-order valence-electron chi connectivity index (χ3n) is 4.56. The molecule has 0 unspecified atom stereocenters. The number of hydrogen-bond acceptors (Lipinski definition) is 0. The highest BCUT2D eigenvalue weighted by molar-refractivity contribution is 7.56. The molecule has 4 aromatic rings. The Morgan fingerprint density at radius 3 is 1.38 bits per heavy atom. The predicted molar refractivity (Wildman–Crippen MR) is 121 cm³/mol.